The lowest BCUT2D eigenvalue weighted by atomic mass is 10.0. The van der Waals surface area contributed by atoms with Crippen LogP contribution in [-0.4, -0.2) is 24.0 Å². The van der Waals surface area contributed by atoms with Crippen molar-refractivity contribution in [1.29, 1.82) is 5.26 Å². The second kappa shape index (κ2) is 5.94. The van der Waals surface area contributed by atoms with Crippen molar-refractivity contribution < 1.29 is 4.39 Å². The number of piperidine rings is 1. The molecule has 1 fully saturated rings. The van der Waals surface area contributed by atoms with Gasteiger partial charge in [-0.05, 0) is 37.6 Å². The van der Waals surface area contributed by atoms with Gasteiger partial charge in [0.25, 0.3) is 0 Å². The Morgan fingerprint density at radius 1 is 1.44 bits per heavy atom. The molecule has 1 aliphatic heterocycles. The third kappa shape index (κ3) is 2.87. The lowest BCUT2D eigenvalue weighted by Crippen LogP contribution is -2.43. The summed E-state index contributed by atoms with van der Waals surface area (Å²) in [5.41, 5.74) is 6.85. The average molecular weight is 247 g/mol. The van der Waals surface area contributed by atoms with E-state index < -0.39 is 0 Å². The van der Waals surface area contributed by atoms with Crippen molar-refractivity contribution in [2.45, 2.75) is 31.8 Å². The molecule has 1 aromatic carbocycles. The highest BCUT2D eigenvalue weighted by atomic mass is 19.1. The molecule has 0 bridgehead atoms. The van der Waals surface area contributed by atoms with Crippen LogP contribution in [0.1, 0.15) is 30.4 Å². The molecule has 0 radical (unpaired) electrons. The molecule has 0 saturated carbocycles. The number of nitriles is 1. The van der Waals surface area contributed by atoms with Gasteiger partial charge in [-0.25, -0.2) is 4.39 Å². The molecule has 0 aliphatic carbocycles. The summed E-state index contributed by atoms with van der Waals surface area (Å²) in [6.07, 6.45) is 3.41. The highest BCUT2D eigenvalue weighted by molar-refractivity contribution is 5.33. The number of halogens is 1. The van der Waals surface area contributed by atoms with Crippen molar-refractivity contribution in [1.82, 2.24) is 4.90 Å². The van der Waals surface area contributed by atoms with E-state index in [0.29, 0.717) is 30.3 Å². The first-order valence-corrected chi connectivity index (χ1v) is 6.37. The van der Waals surface area contributed by atoms with E-state index in [1.165, 1.54) is 18.6 Å². The maximum absolute atomic E-state index is 13.7. The van der Waals surface area contributed by atoms with Gasteiger partial charge in [0.15, 0.2) is 0 Å². The van der Waals surface area contributed by atoms with Crippen LogP contribution in [-0.2, 0) is 6.54 Å². The fourth-order valence-electron chi connectivity index (χ4n) is 2.52. The fraction of sp³-hybridized carbons (Fsp3) is 0.500. The Kier molecular flexibility index (Phi) is 4.29. The molecule has 2 N–H and O–H groups in total. The van der Waals surface area contributed by atoms with Gasteiger partial charge in [0.05, 0.1) is 11.6 Å². The van der Waals surface area contributed by atoms with Crippen LogP contribution in [0, 0.1) is 17.1 Å². The highest BCUT2D eigenvalue weighted by Crippen LogP contribution is 2.20. The molecule has 4 heteroatoms. The van der Waals surface area contributed by atoms with Gasteiger partial charge in [0.1, 0.15) is 5.82 Å². The van der Waals surface area contributed by atoms with E-state index in [0.717, 1.165) is 19.4 Å². The monoisotopic (exact) mass is 247 g/mol. The van der Waals surface area contributed by atoms with Crippen LogP contribution in [0.15, 0.2) is 18.2 Å². The quantitative estimate of drug-likeness (QED) is 0.889. The summed E-state index contributed by atoms with van der Waals surface area (Å²) < 4.78 is 13.7. The molecule has 96 valence electrons. The van der Waals surface area contributed by atoms with Crippen LogP contribution in [0.2, 0.25) is 0 Å². The zero-order chi connectivity index (χ0) is 13.0. The van der Waals surface area contributed by atoms with E-state index >= 15 is 0 Å². The Morgan fingerprint density at radius 2 is 2.28 bits per heavy atom. The molecule has 0 amide bonds. The third-order valence-electron chi connectivity index (χ3n) is 3.57. The molecule has 18 heavy (non-hydrogen) atoms. The van der Waals surface area contributed by atoms with Crippen LogP contribution in [0.25, 0.3) is 0 Å². The van der Waals surface area contributed by atoms with Crippen LogP contribution in [0.4, 0.5) is 4.39 Å². The summed E-state index contributed by atoms with van der Waals surface area (Å²) >= 11 is 0. The maximum atomic E-state index is 13.7. The molecule has 1 unspecified atom stereocenters. The first-order chi connectivity index (χ1) is 8.74. The predicted octanol–water partition coefficient (Wildman–Crippen LogP) is 2.01. The van der Waals surface area contributed by atoms with Gasteiger partial charge < -0.3 is 5.73 Å². The number of benzene rings is 1. The molecule has 0 spiro atoms. The van der Waals surface area contributed by atoms with Gasteiger partial charge in [-0.15, -0.1) is 0 Å². The van der Waals surface area contributed by atoms with Gasteiger partial charge in [-0.1, -0.05) is 6.42 Å². The maximum Gasteiger partial charge on any atom is 0.127 e. The minimum atomic E-state index is -0.240. The molecule has 0 aromatic heterocycles. The molecular formula is C14H18FN3. The number of rotatable bonds is 3. The summed E-state index contributed by atoms with van der Waals surface area (Å²) in [6, 6.07) is 6.90. The van der Waals surface area contributed by atoms with Gasteiger partial charge >= 0.3 is 0 Å². The standard InChI is InChI=1S/C14H18FN3/c15-14-5-4-11(8-16)7-12(14)10-18-6-2-1-3-13(18)9-17/h4-5,7,13H,1-3,6,9-10,17H2. The molecule has 1 aliphatic rings. The van der Waals surface area contributed by atoms with E-state index in [4.69, 9.17) is 11.0 Å². The Hall–Kier alpha value is -1.44. The predicted molar refractivity (Wildman–Crippen MR) is 68.2 cm³/mol. The van der Waals surface area contributed by atoms with Gasteiger partial charge in [-0.2, -0.15) is 5.26 Å². The number of nitrogens with zero attached hydrogens (tertiary/aromatic N) is 2. The Morgan fingerprint density at radius 3 is 3.00 bits per heavy atom. The van der Waals surface area contributed by atoms with Crippen molar-refractivity contribution in [3.8, 4) is 6.07 Å². The Balaban J connectivity index is 2.14. The average Bonchev–Trinajstić information content (AvgIpc) is 2.42. The van der Waals surface area contributed by atoms with Crippen LogP contribution in [0.3, 0.4) is 0 Å². The first-order valence-electron chi connectivity index (χ1n) is 6.37. The van der Waals surface area contributed by atoms with Crippen LogP contribution in [0.5, 0.6) is 0 Å². The van der Waals surface area contributed by atoms with E-state index in [1.807, 2.05) is 6.07 Å². The Bertz CT molecular complexity index is 453. The molecule has 2 rings (SSSR count). The van der Waals surface area contributed by atoms with Crippen LogP contribution < -0.4 is 5.73 Å². The van der Waals surface area contributed by atoms with E-state index in [2.05, 4.69) is 4.90 Å². The zero-order valence-corrected chi connectivity index (χ0v) is 10.4. The SMILES string of the molecule is N#Cc1ccc(F)c(CN2CCCCC2CN)c1. The molecule has 3 nitrogen and oxygen atoms in total. The lowest BCUT2D eigenvalue weighted by molar-refractivity contribution is 0.143. The summed E-state index contributed by atoms with van der Waals surface area (Å²) in [5, 5.41) is 8.85. The van der Waals surface area contributed by atoms with E-state index in [1.54, 1.807) is 6.07 Å². The number of nitrogens with two attached hydrogens (primary N) is 1. The van der Waals surface area contributed by atoms with E-state index in [-0.39, 0.29) is 5.82 Å². The highest BCUT2D eigenvalue weighted by Gasteiger charge is 2.22. The lowest BCUT2D eigenvalue weighted by Gasteiger charge is -2.35. The fourth-order valence-corrected chi connectivity index (χ4v) is 2.52. The summed E-state index contributed by atoms with van der Waals surface area (Å²) in [6.45, 7) is 2.11. The minimum absolute atomic E-state index is 0.240. The smallest absolute Gasteiger partial charge is 0.127 e. The minimum Gasteiger partial charge on any atom is -0.329 e. The molecule has 1 heterocycles. The first kappa shape index (κ1) is 13.0. The van der Waals surface area contributed by atoms with Crippen molar-refractivity contribution in [3.63, 3.8) is 0 Å². The molecule has 1 atom stereocenters. The van der Waals surface area contributed by atoms with Gasteiger partial charge in [0.2, 0.25) is 0 Å². The molecular weight excluding hydrogens is 229 g/mol. The second-order valence-corrected chi connectivity index (χ2v) is 4.77. The topological polar surface area (TPSA) is 53.0 Å². The van der Waals surface area contributed by atoms with Crippen molar-refractivity contribution in [3.05, 3.63) is 35.1 Å². The Labute approximate surface area is 107 Å². The van der Waals surface area contributed by atoms with Gasteiger partial charge in [0, 0.05) is 24.7 Å². The third-order valence-corrected chi connectivity index (χ3v) is 3.57. The second-order valence-electron chi connectivity index (χ2n) is 4.77. The number of hydrogen-bond donors (Lipinski definition) is 1. The van der Waals surface area contributed by atoms with Crippen molar-refractivity contribution >= 4 is 0 Å². The van der Waals surface area contributed by atoms with Gasteiger partial charge in [-0.3, -0.25) is 4.90 Å². The summed E-state index contributed by atoms with van der Waals surface area (Å²) in [4.78, 5) is 2.23. The molecule has 1 aromatic rings. The molecule has 1 saturated heterocycles. The number of hydrogen-bond acceptors (Lipinski definition) is 3. The van der Waals surface area contributed by atoms with Crippen molar-refractivity contribution in [2.75, 3.05) is 13.1 Å². The van der Waals surface area contributed by atoms with Crippen molar-refractivity contribution in [2.24, 2.45) is 5.73 Å². The summed E-state index contributed by atoms with van der Waals surface area (Å²) in [5.74, 6) is -0.240. The van der Waals surface area contributed by atoms with E-state index in [9.17, 15) is 4.39 Å². The zero-order valence-electron chi connectivity index (χ0n) is 10.4. The summed E-state index contributed by atoms with van der Waals surface area (Å²) in [7, 11) is 0. The largest absolute Gasteiger partial charge is 0.329 e. The van der Waals surface area contributed by atoms with Crippen LogP contribution >= 0.6 is 0 Å². The number of likely N-dealkylation sites (tertiary alicyclic amines) is 1. The normalized spacial score (nSPS) is 20.6.